The van der Waals surface area contributed by atoms with Crippen LogP contribution in [-0.4, -0.2) is 0 Å². The molecule has 92 valence electrons. The summed E-state index contributed by atoms with van der Waals surface area (Å²) < 4.78 is 0. The summed E-state index contributed by atoms with van der Waals surface area (Å²) in [5.74, 6) is 0. The van der Waals surface area contributed by atoms with Crippen LogP contribution in [0.25, 0.3) is 22.9 Å². The Morgan fingerprint density at radius 3 is 2.26 bits per heavy atom. The van der Waals surface area contributed by atoms with Gasteiger partial charge in [0.2, 0.25) is 0 Å². The largest absolute Gasteiger partial charge is 0.399 e. The molecule has 0 aliphatic heterocycles. The van der Waals surface area contributed by atoms with Crippen molar-refractivity contribution >= 4 is 28.6 Å². The molecule has 19 heavy (non-hydrogen) atoms. The van der Waals surface area contributed by atoms with Gasteiger partial charge in [0.05, 0.1) is 0 Å². The van der Waals surface area contributed by atoms with Crippen molar-refractivity contribution in [2.24, 2.45) is 0 Å². The molecule has 0 heterocycles. The van der Waals surface area contributed by atoms with Gasteiger partial charge < -0.3 is 5.73 Å². The number of fused-ring (bicyclic) bond motifs is 1. The van der Waals surface area contributed by atoms with Gasteiger partial charge in [-0.05, 0) is 34.0 Å². The Balaban J connectivity index is 1.99. The van der Waals surface area contributed by atoms with Gasteiger partial charge in [-0.3, -0.25) is 0 Å². The second-order valence-corrected chi connectivity index (χ2v) is 4.57. The van der Waals surface area contributed by atoms with Crippen LogP contribution in [0.4, 0.5) is 5.69 Å². The lowest BCUT2D eigenvalue weighted by molar-refractivity contribution is 1.64. The van der Waals surface area contributed by atoms with E-state index in [-0.39, 0.29) is 0 Å². The number of hydrogen-bond donors (Lipinski definition) is 1. The highest BCUT2D eigenvalue weighted by molar-refractivity contribution is 5.92. The summed E-state index contributed by atoms with van der Waals surface area (Å²) in [6.07, 6.45) is 4.26. The van der Waals surface area contributed by atoms with Crippen molar-refractivity contribution in [2.75, 3.05) is 5.73 Å². The number of rotatable bonds is 2. The Labute approximate surface area is 113 Å². The number of nitrogens with two attached hydrogens (primary N) is 1. The molecule has 0 aromatic heterocycles. The van der Waals surface area contributed by atoms with Gasteiger partial charge in [-0.1, -0.05) is 66.7 Å². The van der Waals surface area contributed by atoms with Crippen LogP contribution in [0.2, 0.25) is 0 Å². The minimum atomic E-state index is 0.794. The summed E-state index contributed by atoms with van der Waals surface area (Å²) in [5, 5.41) is 2.54. The predicted octanol–water partition coefficient (Wildman–Crippen LogP) is 4.59. The maximum atomic E-state index is 5.68. The molecule has 0 saturated carbocycles. The molecule has 3 aromatic carbocycles. The van der Waals surface area contributed by atoms with Gasteiger partial charge in [0.25, 0.3) is 0 Å². The highest BCUT2D eigenvalue weighted by Gasteiger charge is 1.96. The van der Waals surface area contributed by atoms with Gasteiger partial charge in [-0.25, -0.2) is 0 Å². The van der Waals surface area contributed by atoms with Crippen LogP contribution in [0.5, 0.6) is 0 Å². The Bertz CT molecular complexity index is 719. The fourth-order valence-electron chi connectivity index (χ4n) is 2.19. The first kappa shape index (κ1) is 11.5. The fraction of sp³-hybridized carbons (Fsp3) is 0. The molecule has 0 spiro atoms. The molecule has 0 unspecified atom stereocenters. The van der Waals surface area contributed by atoms with E-state index in [9.17, 15) is 0 Å². The SMILES string of the molecule is Nc1ccc(/C=C/c2cccc3ccccc23)cc1. The molecule has 1 heteroatoms. The zero-order chi connectivity index (χ0) is 13.1. The van der Waals surface area contributed by atoms with Gasteiger partial charge in [0.1, 0.15) is 0 Å². The van der Waals surface area contributed by atoms with Crippen molar-refractivity contribution in [3.8, 4) is 0 Å². The summed E-state index contributed by atoms with van der Waals surface area (Å²) in [5.41, 5.74) is 8.86. The number of benzene rings is 3. The third-order valence-electron chi connectivity index (χ3n) is 3.22. The molecule has 0 fully saturated rings. The molecule has 0 amide bonds. The maximum absolute atomic E-state index is 5.68. The van der Waals surface area contributed by atoms with Crippen molar-refractivity contribution < 1.29 is 0 Å². The van der Waals surface area contributed by atoms with Crippen molar-refractivity contribution in [3.63, 3.8) is 0 Å². The van der Waals surface area contributed by atoms with E-state index in [1.807, 2.05) is 24.3 Å². The molecule has 1 nitrogen and oxygen atoms in total. The van der Waals surface area contributed by atoms with Crippen molar-refractivity contribution in [1.29, 1.82) is 0 Å². The van der Waals surface area contributed by atoms with E-state index < -0.39 is 0 Å². The van der Waals surface area contributed by atoms with Crippen molar-refractivity contribution in [3.05, 3.63) is 77.9 Å². The molecular formula is C18H15N. The highest BCUT2D eigenvalue weighted by atomic mass is 14.5. The zero-order valence-electron chi connectivity index (χ0n) is 10.6. The molecule has 0 saturated heterocycles. The molecule has 2 N–H and O–H groups in total. The minimum absolute atomic E-state index is 0.794. The molecule has 0 radical (unpaired) electrons. The lowest BCUT2D eigenvalue weighted by Gasteiger charge is -2.01. The van der Waals surface area contributed by atoms with Crippen LogP contribution in [0.3, 0.4) is 0 Å². The zero-order valence-corrected chi connectivity index (χ0v) is 10.6. The Morgan fingerprint density at radius 2 is 1.42 bits per heavy atom. The van der Waals surface area contributed by atoms with E-state index in [0.717, 1.165) is 11.3 Å². The summed E-state index contributed by atoms with van der Waals surface area (Å²) >= 11 is 0. The number of nitrogen functional groups attached to an aromatic ring is 1. The smallest absolute Gasteiger partial charge is 0.0314 e. The number of hydrogen-bond acceptors (Lipinski definition) is 1. The van der Waals surface area contributed by atoms with Gasteiger partial charge in [-0.15, -0.1) is 0 Å². The van der Waals surface area contributed by atoms with Crippen LogP contribution in [0, 0.1) is 0 Å². The lowest BCUT2D eigenvalue weighted by atomic mass is 10.0. The van der Waals surface area contributed by atoms with E-state index in [2.05, 4.69) is 54.6 Å². The Hall–Kier alpha value is -2.54. The summed E-state index contributed by atoms with van der Waals surface area (Å²) in [6.45, 7) is 0. The first-order chi connectivity index (χ1) is 9.33. The molecule has 3 aromatic rings. The molecule has 0 aliphatic rings. The van der Waals surface area contributed by atoms with Crippen molar-refractivity contribution in [2.45, 2.75) is 0 Å². The minimum Gasteiger partial charge on any atom is -0.399 e. The predicted molar refractivity (Wildman–Crippen MR) is 83.7 cm³/mol. The molecule has 0 aliphatic carbocycles. The average molecular weight is 245 g/mol. The molecular weight excluding hydrogens is 230 g/mol. The first-order valence-electron chi connectivity index (χ1n) is 6.34. The van der Waals surface area contributed by atoms with E-state index in [1.165, 1.54) is 16.3 Å². The second kappa shape index (κ2) is 4.99. The van der Waals surface area contributed by atoms with E-state index >= 15 is 0 Å². The van der Waals surface area contributed by atoms with Crippen LogP contribution >= 0.6 is 0 Å². The van der Waals surface area contributed by atoms with Gasteiger partial charge in [0, 0.05) is 5.69 Å². The van der Waals surface area contributed by atoms with E-state index in [4.69, 9.17) is 5.73 Å². The van der Waals surface area contributed by atoms with Crippen LogP contribution < -0.4 is 5.73 Å². The quantitative estimate of drug-likeness (QED) is 0.518. The highest BCUT2D eigenvalue weighted by Crippen LogP contribution is 2.20. The van der Waals surface area contributed by atoms with Gasteiger partial charge >= 0.3 is 0 Å². The lowest BCUT2D eigenvalue weighted by Crippen LogP contribution is -1.82. The third kappa shape index (κ3) is 2.50. The Morgan fingerprint density at radius 1 is 0.684 bits per heavy atom. The average Bonchev–Trinajstić information content (AvgIpc) is 2.47. The first-order valence-corrected chi connectivity index (χ1v) is 6.34. The molecule has 3 rings (SSSR count). The maximum Gasteiger partial charge on any atom is 0.0314 e. The fourth-order valence-corrected chi connectivity index (χ4v) is 2.19. The van der Waals surface area contributed by atoms with Crippen molar-refractivity contribution in [1.82, 2.24) is 0 Å². The molecule has 0 bridgehead atoms. The Kier molecular flexibility index (Phi) is 3.03. The summed E-state index contributed by atoms with van der Waals surface area (Å²) in [6, 6.07) is 22.7. The van der Waals surface area contributed by atoms with Crippen LogP contribution in [-0.2, 0) is 0 Å². The monoisotopic (exact) mass is 245 g/mol. The summed E-state index contributed by atoms with van der Waals surface area (Å²) in [7, 11) is 0. The summed E-state index contributed by atoms with van der Waals surface area (Å²) in [4.78, 5) is 0. The topological polar surface area (TPSA) is 26.0 Å². The second-order valence-electron chi connectivity index (χ2n) is 4.57. The van der Waals surface area contributed by atoms with E-state index in [0.29, 0.717) is 0 Å². The van der Waals surface area contributed by atoms with Crippen LogP contribution in [0.1, 0.15) is 11.1 Å². The normalized spacial score (nSPS) is 11.2. The van der Waals surface area contributed by atoms with Gasteiger partial charge in [0.15, 0.2) is 0 Å². The number of anilines is 1. The standard InChI is InChI=1S/C18H15N/c19-17-12-9-14(10-13-17)8-11-16-6-3-5-15-4-1-2-7-18(15)16/h1-13H,19H2/b11-8+. The third-order valence-corrected chi connectivity index (χ3v) is 3.22. The van der Waals surface area contributed by atoms with Crippen LogP contribution in [0.15, 0.2) is 66.7 Å². The van der Waals surface area contributed by atoms with E-state index in [1.54, 1.807) is 0 Å². The van der Waals surface area contributed by atoms with Gasteiger partial charge in [-0.2, -0.15) is 0 Å². The molecule has 0 atom stereocenters.